The maximum absolute atomic E-state index is 12.3. The van der Waals surface area contributed by atoms with Gasteiger partial charge in [0.15, 0.2) is 5.58 Å². The fourth-order valence-electron chi connectivity index (χ4n) is 3.45. The van der Waals surface area contributed by atoms with E-state index in [2.05, 4.69) is 22.2 Å². The number of aromatic amines is 1. The van der Waals surface area contributed by atoms with Gasteiger partial charge >= 0.3 is 5.76 Å². The second-order valence-electron chi connectivity index (χ2n) is 7.16. The molecule has 4 rings (SSSR count). The quantitative estimate of drug-likeness (QED) is 0.469. The third kappa shape index (κ3) is 4.23. The number of rotatable bonds is 8. The van der Waals surface area contributed by atoms with Crippen LogP contribution in [-0.4, -0.2) is 20.4 Å². The SMILES string of the molecule is CCCCc1nc2ccc(NC(=O)CCCn3c(=O)oc4ccccc43)cc2[nH]1. The van der Waals surface area contributed by atoms with Gasteiger partial charge in [-0.15, -0.1) is 0 Å². The molecule has 0 aliphatic heterocycles. The lowest BCUT2D eigenvalue weighted by Crippen LogP contribution is -2.17. The number of unbranched alkanes of at least 4 members (excludes halogenated alkanes) is 1. The smallest absolute Gasteiger partial charge is 0.408 e. The first-order chi connectivity index (χ1) is 14.1. The number of imidazole rings is 1. The van der Waals surface area contributed by atoms with Gasteiger partial charge in [0.2, 0.25) is 5.91 Å². The summed E-state index contributed by atoms with van der Waals surface area (Å²) >= 11 is 0. The van der Waals surface area contributed by atoms with Crippen LogP contribution in [0.2, 0.25) is 0 Å². The highest BCUT2D eigenvalue weighted by Crippen LogP contribution is 2.19. The molecule has 150 valence electrons. The first kappa shape index (κ1) is 19.0. The van der Waals surface area contributed by atoms with Crippen molar-refractivity contribution < 1.29 is 9.21 Å². The zero-order valence-corrected chi connectivity index (χ0v) is 16.4. The summed E-state index contributed by atoms with van der Waals surface area (Å²) in [6, 6.07) is 13.0. The minimum atomic E-state index is -0.393. The van der Waals surface area contributed by atoms with E-state index in [0.29, 0.717) is 25.0 Å². The van der Waals surface area contributed by atoms with Crippen LogP contribution >= 0.6 is 0 Å². The average Bonchev–Trinajstić information content (AvgIpc) is 3.26. The third-order valence-electron chi connectivity index (χ3n) is 4.94. The minimum Gasteiger partial charge on any atom is -0.408 e. The van der Waals surface area contributed by atoms with Crippen molar-refractivity contribution in [2.45, 2.75) is 45.6 Å². The molecule has 2 aromatic heterocycles. The van der Waals surface area contributed by atoms with Gasteiger partial charge < -0.3 is 14.7 Å². The van der Waals surface area contributed by atoms with Crippen LogP contribution in [0.5, 0.6) is 0 Å². The average molecular weight is 392 g/mol. The number of carbonyl (C=O) groups is 1. The Balaban J connectivity index is 1.35. The number of carbonyl (C=O) groups excluding carboxylic acids is 1. The van der Waals surface area contributed by atoms with Gasteiger partial charge in [0.25, 0.3) is 0 Å². The number of oxazole rings is 1. The van der Waals surface area contributed by atoms with Crippen molar-refractivity contribution in [2.75, 3.05) is 5.32 Å². The van der Waals surface area contributed by atoms with E-state index < -0.39 is 5.76 Å². The van der Waals surface area contributed by atoms with E-state index in [0.717, 1.165) is 47.3 Å². The summed E-state index contributed by atoms with van der Waals surface area (Å²) < 4.78 is 6.78. The number of nitrogens with zero attached hydrogens (tertiary/aromatic N) is 2. The van der Waals surface area contributed by atoms with Crippen LogP contribution in [0.15, 0.2) is 51.7 Å². The standard InChI is InChI=1S/C22H24N4O3/c1-2-3-9-20-24-16-12-11-15(14-17(16)25-20)23-21(27)10-6-13-26-18-7-4-5-8-19(18)29-22(26)28/h4-5,7-8,11-12,14H,2-3,6,9-10,13H2,1H3,(H,23,27)(H,24,25). The number of fused-ring (bicyclic) bond motifs is 2. The van der Waals surface area contributed by atoms with Crippen LogP contribution in [0.3, 0.4) is 0 Å². The first-order valence-corrected chi connectivity index (χ1v) is 10.0. The molecule has 0 aliphatic rings. The van der Waals surface area contributed by atoms with Crippen molar-refractivity contribution in [1.82, 2.24) is 14.5 Å². The van der Waals surface area contributed by atoms with Crippen LogP contribution in [0.25, 0.3) is 22.1 Å². The number of para-hydroxylation sites is 2. The molecule has 0 radical (unpaired) electrons. The molecule has 7 nitrogen and oxygen atoms in total. The summed E-state index contributed by atoms with van der Waals surface area (Å²) in [5, 5.41) is 2.92. The Morgan fingerprint density at radius 3 is 2.93 bits per heavy atom. The lowest BCUT2D eigenvalue weighted by atomic mass is 10.2. The van der Waals surface area contributed by atoms with Gasteiger partial charge in [0, 0.05) is 25.1 Å². The molecule has 0 atom stereocenters. The lowest BCUT2D eigenvalue weighted by Gasteiger charge is -2.06. The predicted molar refractivity (Wildman–Crippen MR) is 113 cm³/mol. The summed E-state index contributed by atoms with van der Waals surface area (Å²) in [4.78, 5) is 32.2. The number of hydrogen-bond donors (Lipinski definition) is 2. The van der Waals surface area contributed by atoms with Gasteiger partial charge in [-0.25, -0.2) is 9.78 Å². The number of amides is 1. The maximum Gasteiger partial charge on any atom is 0.419 e. The highest BCUT2D eigenvalue weighted by atomic mass is 16.4. The Morgan fingerprint density at radius 1 is 1.21 bits per heavy atom. The van der Waals surface area contributed by atoms with Crippen molar-refractivity contribution in [1.29, 1.82) is 0 Å². The van der Waals surface area contributed by atoms with Crippen molar-refractivity contribution in [3.63, 3.8) is 0 Å². The fraction of sp³-hybridized carbons (Fsp3) is 0.318. The van der Waals surface area contributed by atoms with Gasteiger partial charge in [0.1, 0.15) is 5.82 Å². The number of hydrogen-bond acceptors (Lipinski definition) is 4. The monoisotopic (exact) mass is 392 g/mol. The van der Waals surface area contributed by atoms with E-state index in [9.17, 15) is 9.59 Å². The molecule has 0 saturated carbocycles. The largest absolute Gasteiger partial charge is 0.419 e. The number of aromatic nitrogens is 3. The molecule has 0 saturated heterocycles. The molecule has 0 fully saturated rings. The summed E-state index contributed by atoms with van der Waals surface area (Å²) in [5.74, 6) is 0.495. The Hall–Kier alpha value is -3.35. The summed E-state index contributed by atoms with van der Waals surface area (Å²) in [5.41, 5.74) is 3.87. The van der Waals surface area contributed by atoms with E-state index in [1.165, 1.54) is 0 Å². The van der Waals surface area contributed by atoms with Crippen molar-refractivity contribution in [3.8, 4) is 0 Å². The van der Waals surface area contributed by atoms with E-state index in [1.807, 2.05) is 36.4 Å². The minimum absolute atomic E-state index is 0.0871. The van der Waals surface area contributed by atoms with Crippen molar-refractivity contribution in [3.05, 3.63) is 58.8 Å². The molecule has 4 aromatic rings. The first-order valence-electron chi connectivity index (χ1n) is 10.0. The molecule has 7 heteroatoms. The number of anilines is 1. The summed E-state index contributed by atoms with van der Waals surface area (Å²) in [6.07, 6.45) is 4.00. The van der Waals surface area contributed by atoms with E-state index in [4.69, 9.17) is 4.42 Å². The van der Waals surface area contributed by atoms with Gasteiger partial charge in [-0.3, -0.25) is 9.36 Å². The van der Waals surface area contributed by atoms with Crippen molar-refractivity contribution in [2.24, 2.45) is 0 Å². The summed E-state index contributed by atoms with van der Waals surface area (Å²) in [7, 11) is 0. The van der Waals surface area contributed by atoms with Gasteiger partial charge in [-0.05, 0) is 43.2 Å². The lowest BCUT2D eigenvalue weighted by molar-refractivity contribution is -0.116. The highest BCUT2D eigenvalue weighted by molar-refractivity contribution is 5.93. The maximum atomic E-state index is 12.3. The van der Waals surface area contributed by atoms with E-state index in [1.54, 1.807) is 10.6 Å². The molecule has 0 unspecified atom stereocenters. The molecule has 1 amide bonds. The zero-order valence-electron chi connectivity index (χ0n) is 16.4. The highest BCUT2D eigenvalue weighted by Gasteiger charge is 2.10. The van der Waals surface area contributed by atoms with Crippen LogP contribution < -0.4 is 11.1 Å². The molecular formula is C22H24N4O3. The molecule has 2 N–H and O–H groups in total. The van der Waals surface area contributed by atoms with Crippen LogP contribution in [-0.2, 0) is 17.8 Å². The third-order valence-corrected chi connectivity index (χ3v) is 4.94. The molecule has 29 heavy (non-hydrogen) atoms. The number of nitrogens with one attached hydrogen (secondary N) is 2. The molecule has 2 heterocycles. The van der Waals surface area contributed by atoms with Gasteiger partial charge in [0.05, 0.1) is 16.6 Å². The Kier molecular flexibility index (Phi) is 5.46. The van der Waals surface area contributed by atoms with E-state index in [-0.39, 0.29) is 5.91 Å². The number of aryl methyl sites for hydroxylation is 2. The predicted octanol–water partition coefficient (Wildman–Crippen LogP) is 4.23. The van der Waals surface area contributed by atoms with Crippen LogP contribution in [0.1, 0.15) is 38.4 Å². The second-order valence-corrected chi connectivity index (χ2v) is 7.16. The summed E-state index contributed by atoms with van der Waals surface area (Å²) in [6.45, 7) is 2.59. The molecular weight excluding hydrogens is 368 g/mol. The topological polar surface area (TPSA) is 92.9 Å². The molecule has 0 bridgehead atoms. The Bertz CT molecular complexity index is 1200. The normalized spacial score (nSPS) is 11.3. The van der Waals surface area contributed by atoms with Crippen molar-refractivity contribution >= 4 is 33.7 Å². The Labute approximate surface area is 167 Å². The zero-order chi connectivity index (χ0) is 20.2. The molecule has 0 spiro atoms. The number of benzene rings is 2. The molecule has 0 aliphatic carbocycles. The van der Waals surface area contributed by atoms with Crippen LogP contribution in [0.4, 0.5) is 5.69 Å². The van der Waals surface area contributed by atoms with Gasteiger partial charge in [-0.2, -0.15) is 0 Å². The molecule has 2 aromatic carbocycles. The van der Waals surface area contributed by atoms with E-state index >= 15 is 0 Å². The second kappa shape index (κ2) is 8.34. The number of H-pyrrole nitrogens is 1. The van der Waals surface area contributed by atoms with Gasteiger partial charge in [-0.1, -0.05) is 25.5 Å². The Morgan fingerprint density at radius 2 is 2.07 bits per heavy atom. The fourth-order valence-corrected chi connectivity index (χ4v) is 3.45. The van der Waals surface area contributed by atoms with Crippen LogP contribution in [0, 0.1) is 0 Å².